The van der Waals surface area contributed by atoms with E-state index in [0.29, 0.717) is 0 Å². The van der Waals surface area contributed by atoms with E-state index in [4.69, 9.17) is 4.74 Å². The smallest absolute Gasteiger partial charge is 0.357 e. The van der Waals surface area contributed by atoms with Crippen molar-refractivity contribution in [1.29, 1.82) is 0 Å². The molecular formula is C19H16IO+. The van der Waals surface area contributed by atoms with E-state index in [1.807, 2.05) is 18.2 Å². The molecule has 104 valence electrons. The van der Waals surface area contributed by atoms with Gasteiger partial charge in [0.05, 0.1) is 7.11 Å². The Balaban J connectivity index is 1.75. The summed E-state index contributed by atoms with van der Waals surface area (Å²) in [5.41, 5.74) is 2.55. The molecule has 0 atom stereocenters. The Morgan fingerprint density at radius 3 is 1.71 bits per heavy atom. The van der Waals surface area contributed by atoms with Crippen LogP contribution in [-0.4, -0.2) is 7.11 Å². The van der Waals surface area contributed by atoms with Crippen molar-refractivity contribution in [3.8, 4) is 16.9 Å². The highest BCUT2D eigenvalue weighted by molar-refractivity contribution is 5.62. The molecule has 0 spiro atoms. The summed E-state index contributed by atoms with van der Waals surface area (Å²) in [4.78, 5) is 0. The first-order chi connectivity index (χ1) is 10.3. The molecule has 0 aliphatic heterocycles. The van der Waals surface area contributed by atoms with Crippen LogP contribution in [0.2, 0.25) is 0 Å². The van der Waals surface area contributed by atoms with E-state index in [1.54, 1.807) is 7.11 Å². The van der Waals surface area contributed by atoms with Gasteiger partial charge >= 0.3 is 21.2 Å². The van der Waals surface area contributed by atoms with Crippen LogP contribution in [0.1, 0.15) is 0 Å². The molecule has 0 radical (unpaired) electrons. The van der Waals surface area contributed by atoms with Crippen molar-refractivity contribution in [2.24, 2.45) is 0 Å². The zero-order chi connectivity index (χ0) is 14.5. The predicted molar refractivity (Wildman–Crippen MR) is 82.3 cm³/mol. The fraction of sp³-hybridized carbons (Fsp3) is 0.0526. The van der Waals surface area contributed by atoms with Gasteiger partial charge in [0.15, 0.2) is 7.14 Å². The quantitative estimate of drug-likeness (QED) is 0.617. The van der Waals surface area contributed by atoms with Crippen molar-refractivity contribution in [2.75, 3.05) is 7.11 Å². The minimum Gasteiger partial charge on any atom is -0.497 e. The van der Waals surface area contributed by atoms with Crippen molar-refractivity contribution >= 4 is 0 Å². The minimum atomic E-state index is -0.128. The summed E-state index contributed by atoms with van der Waals surface area (Å²) in [7, 11) is 1.70. The van der Waals surface area contributed by atoms with Crippen LogP contribution in [0.15, 0.2) is 78.9 Å². The molecule has 21 heavy (non-hydrogen) atoms. The Kier molecular flexibility index (Phi) is 4.55. The monoisotopic (exact) mass is 387 g/mol. The summed E-state index contributed by atoms with van der Waals surface area (Å²) in [6.45, 7) is 0. The molecule has 1 nitrogen and oxygen atoms in total. The average Bonchev–Trinajstić information content (AvgIpc) is 2.57. The third-order valence-electron chi connectivity index (χ3n) is 3.22. The zero-order valence-electron chi connectivity index (χ0n) is 11.8. The molecule has 3 aromatic rings. The molecule has 0 amide bonds. The normalized spacial score (nSPS) is 10.3. The molecule has 0 bridgehead atoms. The molecule has 2 heteroatoms. The van der Waals surface area contributed by atoms with Gasteiger partial charge in [0.2, 0.25) is 0 Å². The van der Waals surface area contributed by atoms with Gasteiger partial charge in [-0.1, -0.05) is 30.3 Å². The zero-order valence-corrected chi connectivity index (χ0v) is 13.9. The van der Waals surface area contributed by atoms with Gasteiger partial charge in [0, 0.05) is 0 Å². The van der Waals surface area contributed by atoms with Crippen LogP contribution in [0, 0.1) is 7.14 Å². The SMILES string of the molecule is COc1ccc([I+]c2ccc(-c3ccccc3)cc2)cc1. The third-order valence-corrected chi connectivity index (χ3v) is 5.90. The first-order valence-corrected chi connectivity index (χ1v) is 8.95. The Bertz CT molecular complexity index is 688. The molecule has 0 aromatic heterocycles. The van der Waals surface area contributed by atoms with Gasteiger partial charge in [0.25, 0.3) is 0 Å². The van der Waals surface area contributed by atoms with Gasteiger partial charge in [-0.05, 0) is 59.7 Å². The summed E-state index contributed by atoms with van der Waals surface area (Å²) in [5.74, 6) is 0.919. The van der Waals surface area contributed by atoms with Crippen molar-refractivity contribution in [2.45, 2.75) is 0 Å². The lowest BCUT2D eigenvalue weighted by Crippen LogP contribution is -3.61. The maximum absolute atomic E-state index is 5.20. The lowest BCUT2D eigenvalue weighted by Gasteiger charge is -1.99. The average molecular weight is 387 g/mol. The molecule has 0 aliphatic carbocycles. The number of rotatable bonds is 4. The standard InChI is InChI=1S/C19H16IO/c1-21-19-13-11-18(12-14-19)20-17-9-7-16(8-10-17)15-5-3-2-4-6-15/h2-14H,1H3/q+1. The van der Waals surface area contributed by atoms with Gasteiger partial charge < -0.3 is 4.74 Å². The van der Waals surface area contributed by atoms with E-state index >= 15 is 0 Å². The number of methoxy groups -OCH3 is 1. The fourth-order valence-corrected chi connectivity index (χ4v) is 4.25. The molecule has 0 saturated carbocycles. The first-order valence-electron chi connectivity index (χ1n) is 6.79. The van der Waals surface area contributed by atoms with Crippen LogP contribution in [0.5, 0.6) is 5.75 Å². The number of halogens is 1. The van der Waals surface area contributed by atoms with Crippen molar-refractivity contribution in [3.63, 3.8) is 0 Å². The predicted octanol–water partition coefficient (Wildman–Crippen LogP) is 1.49. The van der Waals surface area contributed by atoms with E-state index in [9.17, 15) is 0 Å². The molecule has 0 aliphatic rings. The fourth-order valence-electron chi connectivity index (χ4n) is 2.10. The molecule has 0 saturated heterocycles. The second-order valence-corrected chi connectivity index (χ2v) is 7.66. The van der Waals surface area contributed by atoms with E-state index < -0.39 is 0 Å². The minimum absolute atomic E-state index is 0.128. The van der Waals surface area contributed by atoms with Crippen LogP contribution < -0.4 is 25.9 Å². The summed E-state index contributed by atoms with van der Waals surface area (Å²) in [5, 5.41) is 0. The van der Waals surface area contributed by atoms with Crippen LogP contribution in [0.4, 0.5) is 0 Å². The van der Waals surface area contributed by atoms with Gasteiger partial charge in [-0.3, -0.25) is 0 Å². The maximum atomic E-state index is 5.20. The molecule has 0 heterocycles. The molecule has 3 aromatic carbocycles. The van der Waals surface area contributed by atoms with E-state index in [-0.39, 0.29) is 21.2 Å². The molecular weight excluding hydrogens is 371 g/mol. The van der Waals surface area contributed by atoms with Crippen LogP contribution >= 0.6 is 0 Å². The summed E-state index contributed by atoms with van der Waals surface area (Å²) < 4.78 is 8.03. The molecule has 3 rings (SSSR count). The van der Waals surface area contributed by atoms with Crippen LogP contribution in [-0.2, 0) is 0 Å². The second-order valence-electron chi connectivity index (χ2n) is 4.63. The van der Waals surface area contributed by atoms with Gasteiger partial charge in [0.1, 0.15) is 5.75 Å². The number of ether oxygens (including phenoxy) is 1. The Morgan fingerprint density at radius 2 is 1.14 bits per heavy atom. The first kappa shape index (κ1) is 14.1. The van der Waals surface area contributed by atoms with Crippen molar-refractivity contribution in [1.82, 2.24) is 0 Å². The maximum Gasteiger partial charge on any atom is 0.357 e. The second kappa shape index (κ2) is 6.76. The number of hydrogen-bond acceptors (Lipinski definition) is 1. The van der Waals surface area contributed by atoms with Gasteiger partial charge in [-0.15, -0.1) is 0 Å². The van der Waals surface area contributed by atoms with E-state index in [1.165, 1.54) is 18.3 Å². The number of hydrogen-bond donors (Lipinski definition) is 0. The molecule has 0 unspecified atom stereocenters. The summed E-state index contributed by atoms with van der Waals surface area (Å²) in [6.07, 6.45) is 0. The highest BCUT2D eigenvalue weighted by Gasteiger charge is 2.15. The van der Waals surface area contributed by atoms with Crippen molar-refractivity contribution < 1.29 is 25.9 Å². The Hall–Kier alpha value is -1.81. The summed E-state index contributed by atoms with van der Waals surface area (Å²) >= 11 is -0.128. The molecule has 0 N–H and O–H groups in total. The lowest BCUT2D eigenvalue weighted by molar-refractivity contribution is -0.597. The molecule has 0 fully saturated rings. The van der Waals surface area contributed by atoms with E-state index in [0.717, 1.165) is 5.75 Å². The van der Waals surface area contributed by atoms with E-state index in [2.05, 4.69) is 60.7 Å². The van der Waals surface area contributed by atoms with Gasteiger partial charge in [-0.25, -0.2) is 0 Å². The highest BCUT2D eigenvalue weighted by atomic mass is 127. The highest BCUT2D eigenvalue weighted by Crippen LogP contribution is 2.17. The summed E-state index contributed by atoms with van der Waals surface area (Å²) in [6, 6.07) is 27.8. The largest absolute Gasteiger partial charge is 0.497 e. The van der Waals surface area contributed by atoms with Gasteiger partial charge in [-0.2, -0.15) is 0 Å². The Morgan fingerprint density at radius 1 is 0.619 bits per heavy atom. The van der Waals surface area contributed by atoms with Crippen LogP contribution in [0.25, 0.3) is 11.1 Å². The van der Waals surface area contributed by atoms with Crippen molar-refractivity contribution in [3.05, 3.63) is 86.0 Å². The topological polar surface area (TPSA) is 9.23 Å². The Labute approximate surface area is 135 Å². The number of benzene rings is 3. The third kappa shape index (κ3) is 3.64. The van der Waals surface area contributed by atoms with Crippen LogP contribution in [0.3, 0.4) is 0 Å². The lowest BCUT2D eigenvalue weighted by atomic mass is 10.1.